The van der Waals surface area contributed by atoms with Gasteiger partial charge in [0.05, 0.1) is 5.92 Å². The molecule has 29 heavy (non-hydrogen) atoms. The highest BCUT2D eigenvalue weighted by molar-refractivity contribution is 5.93. The largest absolute Gasteiger partial charge is 0.481 e. The minimum absolute atomic E-state index is 0.0296. The zero-order valence-electron chi connectivity index (χ0n) is 16.8. The molecule has 1 unspecified atom stereocenters. The van der Waals surface area contributed by atoms with Crippen LogP contribution in [0.3, 0.4) is 0 Å². The summed E-state index contributed by atoms with van der Waals surface area (Å²) in [5.41, 5.74) is 1.18. The molecule has 0 bridgehead atoms. The van der Waals surface area contributed by atoms with E-state index in [1.54, 1.807) is 0 Å². The lowest BCUT2D eigenvalue weighted by Crippen LogP contribution is -2.58. The van der Waals surface area contributed by atoms with Gasteiger partial charge >= 0.3 is 12.0 Å². The number of carbonyl (C=O) groups is 2. The molecule has 2 fully saturated rings. The van der Waals surface area contributed by atoms with E-state index in [9.17, 15) is 9.59 Å². The molecule has 0 radical (unpaired) electrons. The zero-order valence-corrected chi connectivity index (χ0v) is 16.8. The Kier molecular flexibility index (Phi) is 5.56. The van der Waals surface area contributed by atoms with Gasteiger partial charge in [0.25, 0.3) is 0 Å². The van der Waals surface area contributed by atoms with Crippen LogP contribution in [0.5, 0.6) is 0 Å². The van der Waals surface area contributed by atoms with Crippen molar-refractivity contribution in [1.29, 1.82) is 0 Å². The van der Waals surface area contributed by atoms with Crippen LogP contribution in [0.4, 0.5) is 10.5 Å². The number of nitrogens with zero attached hydrogens (tertiary/aromatic N) is 3. The minimum Gasteiger partial charge on any atom is -0.481 e. The molecule has 4 rings (SSSR count). The van der Waals surface area contributed by atoms with E-state index in [-0.39, 0.29) is 24.0 Å². The number of hydrogen-bond donors (Lipinski definition) is 2. The van der Waals surface area contributed by atoms with E-state index in [0.717, 1.165) is 31.3 Å². The summed E-state index contributed by atoms with van der Waals surface area (Å²) in [6, 6.07) is 8.44. The van der Waals surface area contributed by atoms with Crippen molar-refractivity contribution in [3.8, 4) is 0 Å². The van der Waals surface area contributed by atoms with Gasteiger partial charge in [-0.2, -0.15) is 0 Å². The van der Waals surface area contributed by atoms with E-state index in [1.165, 1.54) is 11.1 Å². The lowest BCUT2D eigenvalue weighted by molar-refractivity contribution is -0.142. The quantitative estimate of drug-likeness (QED) is 0.833. The van der Waals surface area contributed by atoms with Crippen molar-refractivity contribution >= 4 is 28.5 Å². The predicted molar refractivity (Wildman–Crippen MR) is 112 cm³/mol. The van der Waals surface area contributed by atoms with Crippen molar-refractivity contribution in [2.24, 2.45) is 5.92 Å². The van der Waals surface area contributed by atoms with Crippen LogP contribution in [0.2, 0.25) is 0 Å². The van der Waals surface area contributed by atoms with Gasteiger partial charge in [0.15, 0.2) is 0 Å². The first-order valence-corrected chi connectivity index (χ1v) is 10.4. The first-order chi connectivity index (χ1) is 14.0. The number of amides is 2. The third-order valence-corrected chi connectivity index (χ3v) is 6.29. The summed E-state index contributed by atoms with van der Waals surface area (Å²) in [4.78, 5) is 32.4. The van der Waals surface area contributed by atoms with Gasteiger partial charge in [-0.25, -0.2) is 4.79 Å². The molecule has 2 aliphatic rings. The fraction of sp³-hybridized carbons (Fsp3) is 0.500. The lowest BCUT2D eigenvalue weighted by Gasteiger charge is -2.42. The van der Waals surface area contributed by atoms with E-state index >= 15 is 0 Å². The first-order valence-electron chi connectivity index (χ1n) is 10.4. The Morgan fingerprint density at radius 1 is 1.14 bits per heavy atom. The maximum Gasteiger partial charge on any atom is 0.317 e. The van der Waals surface area contributed by atoms with Gasteiger partial charge in [0.1, 0.15) is 0 Å². The van der Waals surface area contributed by atoms with Gasteiger partial charge in [-0.1, -0.05) is 12.1 Å². The summed E-state index contributed by atoms with van der Waals surface area (Å²) in [7, 11) is 0. The number of carboxylic acid groups (broad SMARTS) is 1. The number of fused-ring (bicyclic) bond motifs is 1. The number of hydrogen-bond acceptors (Lipinski definition) is 4. The molecule has 7 nitrogen and oxygen atoms in total. The molecule has 2 aromatic rings. The van der Waals surface area contributed by atoms with Crippen LogP contribution in [-0.2, 0) is 4.79 Å². The van der Waals surface area contributed by atoms with Gasteiger partial charge in [-0.3, -0.25) is 9.78 Å². The number of urea groups is 1. The highest BCUT2D eigenvalue weighted by Crippen LogP contribution is 2.28. The molecule has 1 saturated carbocycles. The van der Waals surface area contributed by atoms with Gasteiger partial charge < -0.3 is 20.2 Å². The van der Waals surface area contributed by atoms with Crippen molar-refractivity contribution in [3.05, 3.63) is 36.7 Å². The molecule has 1 aliphatic heterocycles. The first kappa shape index (κ1) is 19.5. The minimum atomic E-state index is -0.719. The average molecular weight is 396 g/mol. The Labute approximate surface area is 170 Å². The van der Waals surface area contributed by atoms with E-state index in [2.05, 4.69) is 40.3 Å². The highest BCUT2D eigenvalue weighted by Gasteiger charge is 2.31. The monoisotopic (exact) mass is 396 g/mol. The van der Waals surface area contributed by atoms with E-state index in [1.807, 2.05) is 23.4 Å². The maximum absolute atomic E-state index is 12.8. The zero-order chi connectivity index (χ0) is 20.4. The topological polar surface area (TPSA) is 85.8 Å². The third-order valence-electron chi connectivity index (χ3n) is 6.29. The van der Waals surface area contributed by atoms with Crippen molar-refractivity contribution in [2.75, 3.05) is 24.5 Å². The number of pyridine rings is 1. The summed E-state index contributed by atoms with van der Waals surface area (Å²) in [5, 5.41) is 14.6. The van der Waals surface area contributed by atoms with Crippen LogP contribution in [0.25, 0.3) is 10.8 Å². The van der Waals surface area contributed by atoms with Crippen molar-refractivity contribution < 1.29 is 14.7 Å². The summed E-state index contributed by atoms with van der Waals surface area (Å²) >= 11 is 0. The van der Waals surface area contributed by atoms with Crippen molar-refractivity contribution in [1.82, 2.24) is 15.2 Å². The van der Waals surface area contributed by atoms with Gasteiger partial charge in [-0.15, -0.1) is 0 Å². The number of aliphatic carboxylic acids is 1. The molecule has 1 aromatic carbocycles. The second-order valence-corrected chi connectivity index (χ2v) is 8.20. The number of anilines is 1. The second kappa shape index (κ2) is 8.27. The standard InChI is InChI=1S/C22H28N4O3/c1-15-14-25(20-4-2-3-17-13-23-10-9-19(17)20)11-12-26(15)22(29)24-18-7-5-16(6-8-18)21(27)28/h2-4,9-10,13,15-16,18H,5-8,11-12,14H2,1H3,(H,24,29)(H,27,28). The van der Waals surface area contributed by atoms with Crippen molar-refractivity contribution in [2.45, 2.75) is 44.7 Å². The molecule has 7 heteroatoms. The summed E-state index contributed by atoms with van der Waals surface area (Å²) in [5.74, 6) is -0.981. The average Bonchev–Trinajstić information content (AvgIpc) is 2.73. The Hall–Kier alpha value is -2.83. The smallest absolute Gasteiger partial charge is 0.317 e. The molecule has 1 saturated heterocycles. The number of nitrogens with one attached hydrogen (secondary N) is 1. The SMILES string of the molecule is CC1CN(c2cccc3cnccc23)CCN1C(=O)NC1CCC(C(=O)O)CC1. The number of benzene rings is 1. The summed E-state index contributed by atoms with van der Waals surface area (Å²) in [6.07, 6.45) is 6.45. The number of carbonyl (C=O) groups excluding carboxylic acids is 1. The van der Waals surface area contributed by atoms with Crippen LogP contribution in [-0.4, -0.2) is 58.7 Å². The van der Waals surface area contributed by atoms with Gasteiger partial charge in [0, 0.05) is 60.6 Å². The Balaban J connectivity index is 1.36. The number of aromatic nitrogens is 1. The Morgan fingerprint density at radius 2 is 1.93 bits per heavy atom. The maximum atomic E-state index is 12.8. The molecular formula is C22H28N4O3. The Morgan fingerprint density at radius 3 is 2.66 bits per heavy atom. The van der Waals surface area contributed by atoms with Crippen LogP contribution >= 0.6 is 0 Å². The molecule has 2 N–H and O–H groups in total. The molecule has 1 aliphatic carbocycles. The van der Waals surface area contributed by atoms with E-state index in [0.29, 0.717) is 19.4 Å². The van der Waals surface area contributed by atoms with E-state index in [4.69, 9.17) is 5.11 Å². The number of piperazine rings is 1. The van der Waals surface area contributed by atoms with Crippen molar-refractivity contribution in [3.63, 3.8) is 0 Å². The molecule has 1 atom stereocenters. The normalized spacial score (nSPS) is 25.1. The Bertz CT molecular complexity index is 889. The van der Waals surface area contributed by atoms with E-state index < -0.39 is 5.97 Å². The van der Waals surface area contributed by atoms with Crippen LogP contribution in [0, 0.1) is 5.92 Å². The molecular weight excluding hydrogens is 368 g/mol. The fourth-order valence-electron chi connectivity index (χ4n) is 4.60. The number of carboxylic acids is 1. The lowest BCUT2D eigenvalue weighted by atomic mass is 9.86. The summed E-state index contributed by atoms with van der Waals surface area (Å²) in [6.45, 7) is 4.31. The number of rotatable bonds is 3. The van der Waals surface area contributed by atoms with Crippen LogP contribution in [0.15, 0.2) is 36.7 Å². The fourth-order valence-corrected chi connectivity index (χ4v) is 4.60. The second-order valence-electron chi connectivity index (χ2n) is 8.20. The molecule has 154 valence electrons. The summed E-state index contributed by atoms with van der Waals surface area (Å²) < 4.78 is 0. The highest BCUT2D eigenvalue weighted by atomic mass is 16.4. The van der Waals surface area contributed by atoms with Crippen LogP contribution < -0.4 is 10.2 Å². The van der Waals surface area contributed by atoms with Gasteiger partial charge in [-0.05, 0) is 44.7 Å². The molecule has 2 amide bonds. The third kappa shape index (κ3) is 4.13. The predicted octanol–water partition coefficient (Wildman–Crippen LogP) is 3.10. The molecule has 1 aromatic heterocycles. The van der Waals surface area contributed by atoms with Gasteiger partial charge in [0.2, 0.25) is 0 Å². The van der Waals surface area contributed by atoms with Crippen LogP contribution in [0.1, 0.15) is 32.6 Å². The molecule has 0 spiro atoms. The molecule has 2 heterocycles.